The Morgan fingerprint density at radius 1 is 1.26 bits per heavy atom. The van der Waals surface area contributed by atoms with Crippen LogP contribution < -0.4 is 16.1 Å². The third-order valence-corrected chi connectivity index (χ3v) is 6.32. The number of aromatic carboxylic acids is 1. The van der Waals surface area contributed by atoms with Crippen molar-refractivity contribution in [2.75, 3.05) is 11.4 Å². The van der Waals surface area contributed by atoms with E-state index < -0.39 is 17.2 Å². The van der Waals surface area contributed by atoms with Crippen LogP contribution in [0.1, 0.15) is 54.1 Å². The van der Waals surface area contributed by atoms with Crippen molar-refractivity contribution in [3.8, 4) is 0 Å². The number of nitrogens with zero attached hydrogens (tertiary/aromatic N) is 2. The van der Waals surface area contributed by atoms with Gasteiger partial charge in [-0.25, -0.2) is 9.18 Å². The number of benzene rings is 1. The number of hydrogen-bond donors (Lipinski definition) is 2. The Morgan fingerprint density at radius 2 is 2.04 bits per heavy atom. The molecule has 0 spiro atoms. The topological polar surface area (TPSA) is 88.6 Å². The molecule has 2 fully saturated rings. The molecule has 5 rings (SSSR count). The third-order valence-electron chi connectivity index (χ3n) is 6.32. The zero-order valence-electron chi connectivity index (χ0n) is 14.9. The first-order chi connectivity index (χ1) is 13.0. The van der Waals surface area contributed by atoms with Gasteiger partial charge in [0.15, 0.2) is 0 Å². The van der Waals surface area contributed by atoms with Gasteiger partial charge in [0.25, 0.3) is 0 Å². The third kappa shape index (κ3) is 2.41. The summed E-state index contributed by atoms with van der Waals surface area (Å²) in [6, 6.07) is 1.58. The number of pyridine rings is 1. The van der Waals surface area contributed by atoms with Gasteiger partial charge in [0.1, 0.15) is 11.4 Å². The van der Waals surface area contributed by atoms with Crippen molar-refractivity contribution in [1.29, 1.82) is 0 Å². The van der Waals surface area contributed by atoms with Crippen molar-refractivity contribution in [3.63, 3.8) is 0 Å². The van der Waals surface area contributed by atoms with Gasteiger partial charge in [-0.2, -0.15) is 0 Å². The summed E-state index contributed by atoms with van der Waals surface area (Å²) < 4.78 is 17.1. The molecule has 1 aromatic heterocycles. The van der Waals surface area contributed by atoms with Gasteiger partial charge in [-0.05, 0) is 44.6 Å². The molecule has 0 bridgehead atoms. The number of carboxylic acid groups (broad SMARTS) is 1. The summed E-state index contributed by atoms with van der Waals surface area (Å²) in [5, 5.41) is 9.59. The SMILES string of the molecule is N[C@@H]1CCCN2c3c(F)cc4c(=O)c(C(=O)O)cn(C5CC5)c4c3CC[C@H]12. The number of carboxylic acids is 1. The molecular formula is C20H22FN3O3. The number of aromatic nitrogens is 1. The number of carbonyl (C=O) groups is 1. The highest BCUT2D eigenvalue weighted by atomic mass is 19.1. The summed E-state index contributed by atoms with van der Waals surface area (Å²) in [5.41, 5.74) is 7.50. The molecule has 27 heavy (non-hydrogen) atoms. The number of aryl methyl sites for hydroxylation is 1. The highest BCUT2D eigenvalue weighted by molar-refractivity contribution is 5.95. The van der Waals surface area contributed by atoms with E-state index in [9.17, 15) is 14.7 Å². The highest BCUT2D eigenvalue weighted by Crippen LogP contribution is 2.43. The molecule has 2 atom stereocenters. The van der Waals surface area contributed by atoms with Crippen molar-refractivity contribution in [2.24, 2.45) is 5.73 Å². The number of hydrogen-bond acceptors (Lipinski definition) is 4. The number of piperidine rings is 1. The summed E-state index contributed by atoms with van der Waals surface area (Å²) in [6.07, 6.45) is 6.68. The van der Waals surface area contributed by atoms with Crippen molar-refractivity contribution in [3.05, 3.63) is 39.4 Å². The largest absolute Gasteiger partial charge is 0.477 e. The lowest BCUT2D eigenvalue weighted by molar-refractivity contribution is 0.0695. The maximum Gasteiger partial charge on any atom is 0.341 e. The predicted molar refractivity (Wildman–Crippen MR) is 100 cm³/mol. The molecule has 3 N–H and O–H groups in total. The van der Waals surface area contributed by atoms with Gasteiger partial charge in [-0.15, -0.1) is 0 Å². The monoisotopic (exact) mass is 371 g/mol. The molecule has 2 aromatic rings. The Balaban J connectivity index is 1.82. The Hall–Kier alpha value is -2.41. The van der Waals surface area contributed by atoms with E-state index in [-0.39, 0.29) is 29.1 Å². The van der Waals surface area contributed by atoms with Crippen LogP contribution in [0.3, 0.4) is 0 Å². The van der Waals surface area contributed by atoms with Crippen LogP contribution in [0.5, 0.6) is 0 Å². The lowest BCUT2D eigenvalue weighted by atomic mass is 9.85. The zero-order chi connectivity index (χ0) is 18.9. The van der Waals surface area contributed by atoms with Crippen LogP contribution in [0.15, 0.2) is 17.1 Å². The number of halogens is 1. The maximum absolute atomic E-state index is 15.2. The summed E-state index contributed by atoms with van der Waals surface area (Å²) in [6.45, 7) is 0.759. The Bertz CT molecular complexity index is 1030. The van der Waals surface area contributed by atoms with Gasteiger partial charge in [0.2, 0.25) is 5.43 Å². The minimum Gasteiger partial charge on any atom is -0.477 e. The number of rotatable bonds is 2. The van der Waals surface area contributed by atoms with Crippen LogP contribution in [-0.2, 0) is 6.42 Å². The van der Waals surface area contributed by atoms with Crippen molar-refractivity contribution in [2.45, 2.75) is 56.7 Å². The summed E-state index contributed by atoms with van der Waals surface area (Å²) in [4.78, 5) is 26.4. The summed E-state index contributed by atoms with van der Waals surface area (Å²) in [5.74, 6) is -1.71. The molecule has 0 amide bonds. The Kier molecular flexibility index (Phi) is 3.59. The second-order valence-corrected chi connectivity index (χ2v) is 8.00. The number of anilines is 1. The fraction of sp³-hybridized carbons (Fsp3) is 0.500. The molecule has 142 valence electrons. The van der Waals surface area contributed by atoms with E-state index in [1.165, 1.54) is 12.3 Å². The van der Waals surface area contributed by atoms with Crippen molar-refractivity contribution < 1.29 is 14.3 Å². The summed E-state index contributed by atoms with van der Waals surface area (Å²) >= 11 is 0. The van der Waals surface area contributed by atoms with Gasteiger partial charge < -0.3 is 20.3 Å². The molecule has 3 heterocycles. The second-order valence-electron chi connectivity index (χ2n) is 8.00. The maximum atomic E-state index is 15.2. The predicted octanol–water partition coefficient (Wildman–Crippen LogP) is 2.42. The standard InChI is InChI=1S/C20H22FN3O3/c21-14-8-12-17(24(10-3-4-10)9-13(19(12)25)20(26)27)11-5-6-16-15(22)2-1-7-23(16)18(11)14/h8-10,15-16H,1-7,22H2,(H,26,27)/t15-,16-/m1/s1. The fourth-order valence-corrected chi connectivity index (χ4v) is 4.92. The van der Waals surface area contributed by atoms with Crippen molar-refractivity contribution in [1.82, 2.24) is 4.57 Å². The minimum absolute atomic E-state index is 0.0296. The van der Waals surface area contributed by atoms with Crippen LogP contribution in [0.2, 0.25) is 0 Å². The van der Waals surface area contributed by atoms with Gasteiger partial charge in [0.05, 0.1) is 11.2 Å². The minimum atomic E-state index is -1.27. The number of nitrogens with two attached hydrogens (primary N) is 1. The quantitative estimate of drug-likeness (QED) is 0.846. The second kappa shape index (κ2) is 5.79. The molecular weight excluding hydrogens is 349 g/mol. The van der Waals surface area contributed by atoms with E-state index in [1.54, 1.807) is 0 Å². The van der Waals surface area contributed by atoms with E-state index in [2.05, 4.69) is 4.90 Å². The first-order valence-electron chi connectivity index (χ1n) is 9.63. The molecule has 1 saturated carbocycles. The molecule has 7 heteroatoms. The molecule has 6 nitrogen and oxygen atoms in total. The zero-order valence-corrected chi connectivity index (χ0v) is 14.9. The smallest absolute Gasteiger partial charge is 0.341 e. The Morgan fingerprint density at radius 3 is 2.74 bits per heavy atom. The molecule has 1 saturated heterocycles. The van der Waals surface area contributed by atoms with Crippen LogP contribution in [0.25, 0.3) is 10.9 Å². The van der Waals surface area contributed by atoms with Crippen molar-refractivity contribution >= 4 is 22.6 Å². The molecule has 0 radical (unpaired) electrons. The van der Waals surface area contributed by atoms with E-state index in [0.717, 1.165) is 44.2 Å². The van der Waals surface area contributed by atoms with Crippen LogP contribution >= 0.6 is 0 Å². The fourth-order valence-electron chi connectivity index (χ4n) is 4.92. The lowest BCUT2D eigenvalue weighted by Gasteiger charge is -2.45. The molecule has 1 aromatic carbocycles. The molecule has 3 aliphatic rings. The molecule has 1 aliphatic carbocycles. The van der Waals surface area contributed by atoms with E-state index in [1.807, 2.05) is 4.57 Å². The average Bonchev–Trinajstić information content (AvgIpc) is 3.47. The van der Waals surface area contributed by atoms with E-state index >= 15 is 4.39 Å². The first-order valence-corrected chi connectivity index (χ1v) is 9.63. The van der Waals surface area contributed by atoms with Crippen LogP contribution in [0.4, 0.5) is 10.1 Å². The van der Waals surface area contributed by atoms with Gasteiger partial charge in [-0.1, -0.05) is 0 Å². The van der Waals surface area contributed by atoms with Gasteiger partial charge in [0, 0.05) is 41.8 Å². The highest BCUT2D eigenvalue weighted by Gasteiger charge is 2.38. The first kappa shape index (κ1) is 16.7. The summed E-state index contributed by atoms with van der Waals surface area (Å²) in [7, 11) is 0. The van der Waals surface area contributed by atoms with Gasteiger partial charge in [-0.3, -0.25) is 4.79 Å². The normalized spacial score (nSPS) is 24.6. The lowest BCUT2D eigenvalue weighted by Crippen LogP contribution is -2.54. The van der Waals surface area contributed by atoms with E-state index in [4.69, 9.17) is 5.73 Å². The van der Waals surface area contributed by atoms with E-state index in [0.29, 0.717) is 17.6 Å². The molecule has 0 unspecified atom stereocenters. The van der Waals surface area contributed by atoms with Crippen LogP contribution in [-0.4, -0.2) is 34.3 Å². The molecule has 2 aliphatic heterocycles. The average molecular weight is 371 g/mol. The number of fused-ring (bicyclic) bond motifs is 5. The van der Waals surface area contributed by atoms with Crippen LogP contribution in [0, 0.1) is 5.82 Å². The van der Waals surface area contributed by atoms with Gasteiger partial charge >= 0.3 is 5.97 Å². The Labute approximate surface area is 155 Å².